The number of rotatable bonds is 6. The Kier molecular flexibility index (Phi) is 12.5. The summed E-state index contributed by atoms with van der Waals surface area (Å²) in [6.45, 7) is 0. The monoisotopic (exact) mass is 711 g/mol. The third-order valence-electron chi connectivity index (χ3n) is 5.30. The number of nitrogens with zero attached hydrogens (tertiary/aromatic N) is 6. The van der Waals surface area contributed by atoms with Gasteiger partial charge in [-0.25, -0.2) is 29.9 Å². The van der Waals surface area contributed by atoms with Crippen LogP contribution in [-0.4, -0.2) is 77.7 Å². The summed E-state index contributed by atoms with van der Waals surface area (Å²) in [6.07, 6.45) is 20.7. The van der Waals surface area contributed by atoms with E-state index >= 15 is 0 Å². The number of hydrogen-bond acceptors (Lipinski definition) is 12. The number of carboxylic acids is 3. The third kappa shape index (κ3) is 9.78. The summed E-state index contributed by atoms with van der Waals surface area (Å²) in [6, 6.07) is 2.24. The topological polar surface area (TPSA) is 292 Å². The van der Waals surface area contributed by atoms with Gasteiger partial charge in [0, 0.05) is 74.4 Å². The number of nitrogens with one attached hydrogen (secondary N) is 6. The quantitative estimate of drug-likeness (QED) is 0.115. The van der Waals surface area contributed by atoms with E-state index in [-0.39, 0.29) is 19.5 Å². The summed E-state index contributed by atoms with van der Waals surface area (Å²) in [4.78, 5) is 72.9. The van der Waals surface area contributed by atoms with Crippen molar-refractivity contribution >= 4 is 17.9 Å². The number of hydrogen-bond donors (Lipinski definition) is 6. The average Bonchev–Trinajstić information content (AvgIpc) is 3.89. The fraction of sp³-hybridized carbons (Fsp3) is 0. The van der Waals surface area contributed by atoms with Crippen LogP contribution in [0.25, 0.3) is 34.9 Å². The molecule has 0 saturated carbocycles. The van der Waals surface area contributed by atoms with Crippen LogP contribution >= 0.6 is 0 Å². The molecule has 0 amide bonds. The molecule has 1 aromatic carbocycles. The Labute approximate surface area is 270 Å². The van der Waals surface area contributed by atoms with Crippen LogP contribution in [0.2, 0.25) is 0 Å². The molecule has 0 bridgehead atoms. The predicted molar refractivity (Wildman–Crippen MR) is 148 cm³/mol. The average molecular weight is 711 g/mol. The van der Waals surface area contributed by atoms with E-state index < -0.39 is 34.6 Å². The van der Waals surface area contributed by atoms with Gasteiger partial charge in [-0.3, -0.25) is 0 Å². The first kappa shape index (κ1) is 34.0. The molecule has 0 aliphatic heterocycles. The number of aromatic carboxylic acids is 3. The van der Waals surface area contributed by atoms with Crippen molar-refractivity contribution in [1.82, 2.24) is 59.8 Å². The van der Waals surface area contributed by atoms with Crippen LogP contribution in [0.4, 0.5) is 0 Å². The molecule has 0 atom stereocenters. The molecule has 7 rings (SSSR count). The third-order valence-corrected chi connectivity index (χ3v) is 5.30. The number of aromatic nitrogens is 12. The molecule has 18 nitrogen and oxygen atoms in total. The van der Waals surface area contributed by atoms with E-state index in [1.807, 2.05) is 0 Å². The van der Waals surface area contributed by atoms with Gasteiger partial charge < -0.3 is 59.6 Å². The first-order valence-corrected chi connectivity index (χ1v) is 12.6. The molecule has 0 aliphatic rings. The minimum absolute atomic E-state index is 0. The second kappa shape index (κ2) is 17.0. The summed E-state index contributed by atoms with van der Waals surface area (Å²) < 4.78 is 0. The Morgan fingerprint density at radius 2 is 0.565 bits per heavy atom. The van der Waals surface area contributed by atoms with Crippen LogP contribution < -0.4 is 15.3 Å². The van der Waals surface area contributed by atoms with Crippen molar-refractivity contribution in [2.24, 2.45) is 0 Å². The van der Waals surface area contributed by atoms with Crippen LogP contribution in [-0.2, 0) is 19.5 Å². The fourth-order valence-electron chi connectivity index (χ4n) is 3.35. The first-order chi connectivity index (χ1) is 21.8. The van der Waals surface area contributed by atoms with E-state index in [1.165, 1.54) is 0 Å². The number of carbonyl (C=O) groups is 3. The van der Waals surface area contributed by atoms with Gasteiger partial charge in [0.2, 0.25) is 0 Å². The number of carbonyl (C=O) groups excluding carboxylic acids is 3. The van der Waals surface area contributed by atoms with Gasteiger partial charge in [-0.15, -0.1) is 0 Å². The van der Waals surface area contributed by atoms with Crippen LogP contribution in [0.1, 0.15) is 31.1 Å². The Balaban J connectivity index is 0.000000168. The minimum Gasteiger partial charge on any atom is -0.545 e. The van der Waals surface area contributed by atoms with Crippen molar-refractivity contribution in [3.05, 3.63) is 109 Å². The predicted octanol–water partition coefficient (Wildman–Crippen LogP) is -0.826. The number of benzene rings is 1. The van der Waals surface area contributed by atoms with E-state index in [1.54, 1.807) is 74.4 Å². The Bertz CT molecular complexity index is 1540. The van der Waals surface area contributed by atoms with Crippen LogP contribution in [0, 0.1) is 0 Å². The zero-order valence-corrected chi connectivity index (χ0v) is 24.9. The molecule has 0 spiro atoms. The smallest absolute Gasteiger partial charge is 0.545 e. The summed E-state index contributed by atoms with van der Waals surface area (Å²) in [5.41, 5.74) is -1.68. The standard InChI is InChI=1S/C9H6O6.3C6H6N4.Ru/c10-7(11)4-1-5(8(12)13)3-6(2-4)9(14)15;3*1-2-8-5(7-1)6-9-3-4-10-6;/h1-3H,(H,10,11)(H,12,13)(H,14,15);3*1-4H,(H,7,8)(H,9,10);/q;;;;+3/p-3. The Morgan fingerprint density at radius 1 is 0.391 bits per heavy atom. The van der Waals surface area contributed by atoms with Crippen molar-refractivity contribution < 1.29 is 49.2 Å². The molecule has 6 heterocycles. The summed E-state index contributed by atoms with van der Waals surface area (Å²) in [5, 5.41) is 31.2. The maximum Gasteiger partial charge on any atom is 3.00 e. The van der Waals surface area contributed by atoms with E-state index in [4.69, 9.17) is 0 Å². The summed E-state index contributed by atoms with van der Waals surface area (Å²) in [5.74, 6) is -0.429. The molecule has 0 unspecified atom stereocenters. The van der Waals surface area contributed by atoms with Gasteiger partial charge in [-0.2, -0.15) is 0 Å². The van der Waals surface area contributed by atoms with Crippen LogP contribution in [0.15, 0.2) is 92.6 Å². The maximum absolute atomic E-state index is 10.4. The molecule has 46 heavy (non-hydrogen) atoms. The van der Waals surface area contributed by atoms with Crippen molar-refractivity contribution in [1.29, 1.82) is 0 Å². The second-order valence-electron chi connectivity index (χ2n) is 8.29. The Morgan fingerprint density at radius 3 is 0.674 bits per heavy atom. The van der Waals surface area contributed by atoms with Crippen molar-refractivity contribution in [2.45, 2.75) is 0 Å². The number of H-pyrrole nitrogens is 6. The van der Waals surface area contributed by atoms with Crippen molar-refractivity contribution in [2.75, 3.05) is 0 Å². The SMILES string of the molecule is O=C([O-])c1cc(C(=O)[O-])cc(C(=O)[O-])c1.[Ru+3].c1c[nH]c(-c2ncc[nH]2)n1.c1c[nH]c(-c2ncc[nH]2)n1.c1c[nH]c(-c2ncc[nH]2)n1. The molecule has 6 N–H and O–H groups in total. The van der Waals surface area contributed by atoms with Crippen LogP contribution in [0.3, 0.4) is 0 Å². The summed E-state index contributed by atoms with van der Waals surface area (Å²) in [7, 11) is 0. The minimum atomic E-state index is -1.68. The first-order valence-electron chi connectivity index (χ1n) is 12.6. The zero-order valence-electron chi connectivity index (χ0n) is 23.1. The molecule has 19 heteroatoms. The second-order valence-corrected chi connectivity index (χ2v) is 8.29. The van der Waals surface area contributed by atoms with Gasteiger partial charge >= 0.3 is 19.5 Å². The van der Waals surface area contributed by atoms with Gasteiger partial charge in [0.25, 0.3) is 0 Å². The summed E-state index contributed by atoms with van der Waals surface area (Å²) >= 11 is 0. The van der Waals surface area contributed by atoms with Gasteiger partial charge in [0.05, 0.1) is 17.9 Å². The molecule has 0 saturated heterocycles. The van der Waals surface area contributed by atoms with E-state index in [0.717, 1.165) is 53.1 Å². The van der Waals surface area contributed by atoms with E-state index in [0.29, 0.717) is 0 Å². The Hall–Kier alpha value is -6.49. The molecule has 6 aromatic heterocycles. The molecule has 233 valence electrons. The number of carboxylic acid groups (broad SMARTS) is 3. The van der Waals surface area contributed by atoms with Crippen LogP contribution in [0.5, 0.6) is 0 Å². The van der Waals surface area contributed by atoms with Crippen molar-refractivity contribution in [3.63, 3.8) is 0 Å². The number of imidazole rings is 6. The zero-order chi connectivity index (χ0) is 32.0. The fourth-order valence-corrected chi connectivity index (χ4v) is 3.35. The molecular weight excluding hydrogens is 689 g/mol. The number of aromatic amines is 6. The maximum atomic E-state index is 10.4. The molecular formula is C27H21N12O6Ru. The molecule has 7 aromatic rings. The van der Waals surface area contributed by atoms with E-state index in [2.05, 4.69) is 59.8 Å². The molecule has 0 fully saturated rings. The molecule has 0 aliphatic carbocycles. The van der Waals surface area contributed by atoms with Gasteiger partial charge in [-0.05, 0) is 34.9 Å². The normalized spacial score (nSPS) is 9.65. The van der Waals surface area contributed by atoms with Gasteiger partial charge in [-0.1, -0.05) is 0 Å². The largest absolute Gasteiger partial charge is 3.00 e. The van der Waals surface area contributed by atoms with Gasteiger partial charge in [0.1, 0.15) is 0 Å². The molecule has 1 radical (unpaired) electrons. The van der Waals surface area contributed by atoms with E-state index in [9.17, 15) is 29.7 Å². The van der Waals surface area contributed by atoms with Gasteiger partial charge in [0.15, 0.2) is 34.9 Å². The van der Waals surface area contributed by atoms with Crippen molar-refractivity contribution in [3.8, 4) is 34.9 Å².